The molecule has 0 bridgehead atoms. The second kappa shape index (κ2) is 12.5. The van der Waals surface area contributed by atoms with Gasteiger partial charge in [0.15, 0.2) is 0 Å². The molecule has 0 fully saturated rings. The smallest absolute Gasteiger partial charge is 0.339 e. The van der Waals surface area contributed by atoms with Crippen LogP contribution in [-0.2, 0) is 26.0 Å². The number of aryl methyl sites for hydroxylation is 1. The van der Waals surface area contributed by atoms with Gasteiger partial charge in [0.05, 0.1) is 53.7 Å². The van der Waals surface area contributed by atoms with Crippen LogP contribution in [-0.4, -0.2) is 40.5 Å². The number of nitrogens with one attached hydrogen (secondary N) is 1. The average molecular weight is 573 g/mol. The third kappa shape index (κ3) is 6.44. The molecule has 0 unspecified atom stereocenters. The van der Waals surface area contributed by atoms with Crippen LogP contribution in [0.25, 0.3) is 0 Å². The van der Waals surface area contributed by atoms with Crippen LogP contribution in [0.1, 0.15) is 42.2 Å². The maximum absolute atomic E-state index is 14.0. The number of rotatable bonds is 9. The first kappa shape index (κ1) is 29.0. The molecule has 0 saturated heterocycles. The predicted octanol–water partition coefficient (Wildman–Crippen LogP) is 5.22. The number of amides is 1. The summed E-state index contributed by atoms with van der Waals surface area (Å²) in [6, 6.07) is 25.7. The number of benzene rings is 4. The summed E-state index contributed by atoms with van der Waals surface area (Å²) in [6.45, 7) is 1.81. The highest BCUT2D eigenvalue weighted by Gasteiger charge is 2.29. The summed E-state index contributed by atoms with van der Waals surface area (Å²) in [5.74, 6) is -2.11. The zero-order valence-electron chi connectivity index (χ0n) is 22.7. The zero-order valence-corrected chi connectivity index (χ0v) is 23.5. The van der Waals surface area contributed by atoms with Crippen LogP contribution in [0.15, 0.2) is 102 Å². The fraction of sp³-hybridized carbons (Fsp3) is 0.129. The second-order valence-corrected chi connectivity index (χ2v) is 10.9. The van der Waals surface area contributed by atoms with E-state index in [-0.39, 0.29) is 39.5 Å². The van der Waals surface area contributed by atoms with Gasteiger partial charge >= 0.3 is 11.9 Å². The van der Waals surface area contributed by atoms with Crippen molar-refractivity contribution in [3.8, 4) is 0 Å². The van der Waals surface area contributed by atoms with Gasteiger partial charge in [0.25, 0.3) is 15.9 Å². The van der Waals surface area contributed by atoms with Crippen molar-refractivity contribution in [2.45, 2.75) is 18.4 Å². The number of esters is 2. The summed E-state index contributed by atoms with van der Waals surface area (Å²) in [5.41, 5.74) is 1.84. The number of nitrogens with zero attached hydrogens (tertiary/aromatic N) is 1. The van der Waals surface area contributed by atoms with Crippen molar-refractivity contribution < 1.29 is 32.3 Å². The summed E-state index contributed by atoms with van der Waals surface area (Å²) in [5, 5.41) is 2.65. The third-order valence-corrected chi connectivity index (χ3v) is 8.06. The number of para-hydroxylation sites is 1. The minimum atomic E-state index is -4.13. The SMILES string of the molecule is COC(=O)c1ccc(C(=O)OC)c(NC(=O)c2ccccc2N(Cc2ccccc2)S(=O)(=O)c2ccc(C)cc2)c1. The van der Waals surface area contributed by atoms with Crippen LogP contribution >= 0.6 is 0 Å². The number of hydrogen-bond donors (Lipinski definition) is 1. The van der Waals surface area contributed by atoms with E-state index in [0.29, 0.717) is 5.56 Å². The molecule has 1 amide bonds. The Labute approximate surface area is 238 Å². The summed E-state index contributed by atoms with van der Waals surface area (Å²) in [7, 11) is -1.73. The van der Waals surface area contributed by atoms with Crippen molar-refractivity contribution in [2.24, 2.45) is 0 Å². The molecular formula is C31H28N2O7S. The van der Waals surface area contributed by atoms with E-state index in [2.05, 4.69) is 5.32 Å². The van der Waals surface area contributed by atoms with Crippen LogP contribution in [0.4, 0.5) is 11.4 Å². The Balaban J connectivity index is 1.81. The van der Waals surface area contributed by atoms with Crippen LogP contribution in [0, 0.1) is 6.92 Å². The fourth-order valence-electron chi connectivity index (χ4n) is 4.14. The fourth-order valence-corrected chi connectivity index (χ4v) is 5.61. The summed E-state index contributed by atoms with van der Waals surface area (Å²) in [6.07, 6.45) is 0. The van der Waals surface area contributed by atoms with Crippen molar-refractivity contribution in [2.75, 3.05) is 23.8 Å². The van der Waals surface area contributed by atoms with Gasteiger partial charge in [-0.25, -0.2) is 18.0 Å². The van der Waals surface area contributed by atoms with Crippen LogP contribution in [0.2, 0.25) is 0 Å². The largest absolute Gasteiger partial charge is 0.465 e. The lowest BCUT2D eigenvalue weighted by atomic mass is 10.1. The van der Waals surface area contributed by atoms with Gasteiger partial charge in [0, 0.05) is 0 Å². The van der Waals surface area contributed by atoms with E-state index < -0.39 is 27.9 Å². The number of hydrogen-bond acceptors (Lipinski definition) is 7. The van der Waals surface area contributed by atoms with Crippen LogP contribution in [0.3, 0.4) is 0 Å². The lowest BCUT2D eigenvalue weighted by Gasteiger charge is -2.27. The van der Waals surface area contributed by atoms with E-state index in [9.17, 15) is 22.8 Å². The lowest BCUT2D eigenvalue weighted by molar-refractivity contribution is 0.0587. The standard InChI is InChI=1S/C31H28N2O7S/c1-21-13-16-24(17-14-21)41(37,38)33(20-22-9-5-4-6-10-22)28-12-8-7-11-26(28)29(34)32-27-19-23(30(35)39-2)15-18-25(27)31(36)40-3/h4-19H,20H2,1-3H3,(H,32,34). The zero-order chi connectivity index (χ0) is 29.6. The Kier molecular flexibility index (Phi) is 8.84. The Hall–Kier alpha value is -4.96. The van der Waals surface area contributed by atoms with E-state index in [1.165, 1.54) is 61.0 Å². The molecule has 4 rings (SSSR count). The van der Waals surface area contributed by atoms with Crippen LogP contribution in [0.5, 0.6) is 0 Å². The maximum atomic E-state index is 14.0. The lowest BCUT2D eigenvalue weighted by Crippen LogP contribution is -2.32. The molecule has 1 N–H and O–H groups in total. The van der Waals surface area contributed by atoms with Gasteiger partial charge in [0.2, 0.25) is 0 Å². The highest BCUT2D eigenvalue weighted by molar-refractivity contribution is 7.92. The number of methoxy groups -OCH3 is 2. The molecule has 210 valence electrons. The van der Waals surface area contributed by atoms with E-state index in [1.54, 1.807) is 48.5 Å². The van der Waals surface area contributed by atoms with Gasteiger partial charge in [-0.2, -0.15) is 0 Å². The molecule has 0 radical (unpaired) electrons. The molecule has 0 aliphatic carbocycles. The van der Waals surface area contributed by atoms with Crippen LogP contribution < -0.4 is 9.62 Å². The Morgan fingerprint density at radius 1 is 0.756 bits per heavy atom. The monoisotopic (exact) mass is 572 g/mol. The number of ether oxygens (including phenoxy) is 2. The van der Waals surface area contributed by atoms with E-state index in [4.69, 9.17) is 9.47 Å². The maximum Gasteiger partial charge on any atom is 0.339 e. The van der Waals surface area contributed by atoms with Gasteiger partial charge < -0.3 is 14.8 Å². The molecule has 0 aliphatic rings. The molecule has 0 heterocycles. The van der Waals surface area contributed by atoms with Crippen molar-refractivity contribution in [3.05, 3.63) is 125 Å². The Morgan fingerprint density at radius 3 is 2.05 bits per heavy atom. The first-order chi connectivity index (χ1) is 19.6. The highest BCUT2D eigenvalue weighted by atomic mass is 32.2. The molecular weight excluding hydrogens is 544 g/mol. The molecule has 0 aromatic heterocycles. The molecule has 41 heavy (non-hydrogen) atoms. The first-order valence-corrected chi connectivity index (χ1v) is 13.9. The molecule has 4 aromatic rings. The van der Waals surface area contributed by atoms with Gasteiger partial charge in [-0.1, -0.05) is 60.2 Å². The average Bonchev–Trinajstić information content (AvgIpc) is 2.99. The molecule has 0 spiro atoms. The van der Waals surface area contributed by atoms with Crippen molar-refractivity contribution >= 4 is 39.2 Å². The molecule has 4 aromatic carbocycles. The number of carbonyl (C=O) groups is 3. The van der Waals surface area contributed by atoms with Gasteiger partial charge in [-0.3, -0.25) is 9.10 Å². The highest BCUT2D eigenvalue weighted by Crippen LogP contribution is 2.31. The third-order valence-electron chi connectivity index (χ3n) is 6.29. The van der Waals surface area contributed by atoms with Gasteiger partial charge in [-0.15, -0.1) is 0 Å². The summed E-state index contributed by atoms with van der Waals surface area (Å²) in [4.78, 5) is 38.3. The van der Waals surface area contributed by atoms with Gasteiger partial charge in [0.1, 0.15) is 0 Å². The first-order valence-electron chi connectivity index (χ1n) is 12.5. The molecule has 0 atom stereocenters. The number of sulfonamides is 1. The molecule has 0 aliphatic heterocycles. The summed E-state index contributed by atoms with van der Waals surface area (Å²) >= 11 is 0. The topological polar surface area (TPSA) is 119 Å². The Bertz CT molecular complexity index is 1690. The molecule has 9 nitrogen and oxygen atoms in total. The summed E-state index contributed by atoms with van der Waals surface area (Å²) < 4.78 is 38.8. The Morgan fingerprint density at radius 2 is 1.39 bits per heavy atom. The second-order valence-electron chi connectivity index (χ2n) is 9.03. The minimum absolute atomic E-state index is 0.000553. The number of anilines is 2. The molecule has 0 saturated carbocycles. The normalized spacial score (nSPS) is 10.9. The quantitative estimate of drug-likeness (QED) is 0.273. The number of carbonyl (C=O) groups excluding carboxylic acids is 3. The van der Waals surface area contributed by atoms with E-state index in [1.807, 2.05) is 13.0 Å². The predicted molar refractivity (Wildman–Crippen MR) is 155 cm³/mol. The molecule has 10 heteroatoms. The van der Waals surface area contributed by atoms with Crippen molar-refractivity contribution in [1.29, 1.82) is 0 Å². The van der Waals surface area contributed by atoms with Crippen molar-refractivity contribution in [1.82, 2.24) is 0 Å². The van der Waals surface area contributed by atoms with E-state index >= 15 is 0 Å². The van der Waals surface area contributed by atoms with E-state index in [0.717, 1.165) is 5.56 Å². The van der Waals surface area contributed by atoms with Crippen molar-refractivity contribution in [3.63, 3.8) is 0 Å². The van der Waals surface area contributed by atoms with Gasteiger partial charge in [-0.05, 0) is 55.0 Å². The minimum Gasteiger partial charge on any atom is -0.465 e.